The van der Waals surface area contributed by atoms with Gasteiger partial charge in [-0.15, -0.1) is 0 Å². The van der Waals surface area contributed by atoms with Gasteiger partial charge in [-0.2, -0.15) is 0 Å². The number of rotatable bonds is 4. The van der Waals surface area contributed by atoms with Gasteiger partial charge in [-0.1, -0.05) is 121 Å². The summed E-state index contributed by atoms with van der Waals surface area (Å²) in [6.07, 6.45) is 3.82. The van der Waals surface area contributed by atoms with E-state index in [9.17, 15) is 0 Å². The van der Waals surface area contributed by atoms with E-state index in [1.54, 1.807) is 0 Å². The monoisotopic (exact) mass is 523 g/mol. The SMILES string of the molecule is c1ccc(-c2ccc(Oc3c4ccccc4c(-c4ccc5ccccc5c4)c4cnccc34)c3ccccc23)cc1. The molecule has 41 heavy (non-hydrogen) atoms. The number of hydrogen-bond acceptors (Lipinski definition) is 2. The number of fused-ring (bicyclic) bond motifs is 4. The van der Waals surface area contributed by atoms with Crippen molar-refractivity contribution in [1.82, 2.24) is 4.98 Å². The summed E-state index contributed by atoms with van der Waals surface area (Å²) in [5, 5.41) is 9.03. The zero-order valence-electron chi connectivity index (χ0n) is 22.3. The van der Waals surface area contributed by atoms with E-state index in [0.29, 0.717) is 0 Å². The van der Waals surface area contributed by atoms with E-state index in [1.807, 2.05) is 12.4 Å². The lowest BCUT2D eigenvalue weighted by Crippen LogP contribution is -1.94. The van der Waals surface area contributed by atoms with E-state index in [-0.39, 0.29) is 0 Å². The first-order valence-electron chi connectivity index (χ1n) is 13.9. The summed E-state index contributed by atoms with van der Waals surface area (Å²) in [6.45, 7) is 0. The van der Waals surface area contributed by atoms with Gasteiger partial charge in [-0.25, -0.2) is 0 Å². The number of pyridine rings is 1. The standard InChI is InChI=1S/C39H25NO/c1-2-11-27(12-3-1)30-20-21-37(32-15-7-6-14-31(30)32)41-39-34-17-9-8-16-33(34)38(36-25-40-23-22-35(36)39)29-19-18-26-10-4-5-13-28(26)24-29/h1-25H. The fraction of sp³-hybridized carbons (Fsp3) is 0. The lowest BCUT2D eigenvalue weighted by molar-refractivity contribution is 0.499. The van der Waals surface area contributed by atoms with Crippen molar-refractivity contribution >= 4 is 43.1 Å². The molecule has 2 nitrogen and oxygen atoms in total. The molecule has 0 spiro atoms. The highest BCUT2D eigenvalue weighted by Gasteiger charge is 2.18. The highest BCUT2D eigenvalue weighted by molar-refractivity contribution is 6.17. The summed E-state index contributed by atoms with van der Waals surface area (Å²) in [7, 11) is 0. The molecule has 7 aromatic carbocycles. The van der Waals surface area contributed by atoms with Crippen molar-refractivity contribution in [1.29, 1.82) is 0 Å². The molecule has 0 aliphatic carbocycles. The average Bonchev–Trinajstić information content (AvgIpc) is 3.05. The number of hydrogen-bond donors (Lipinski definition) is 0. The van der Waals surface area contributed by atoms with E-state index in [4.69, 9.17) is 4.74 Å². The molecule has 0 aliphatic heterocycles. The van der Waals surface area contributed by atoms with Crippen LogP contribution in [-0.2, 0) is 0 Å². The Morgan fingerprint density at radius 1 is 0.439 bits per heavy atom. The number of ether oxygens (including phenoxy) is 1. The Balaban J connectivity index is 1.37. The predicted molar refractivity (Wildman–Crippen MR) is 172 cm³/mol. The zero-order chi connectivity index (χ0) is 27.2. The Kier molecular flexibility index (Phi) is 5.49. The summed E-state index contributed by atoms with van der Waals surface area (Å²) in [5.41, 5.74) is 4.73. The Labute approximate surface area is 238 Å². The lowest BCUT2D eigenvalue weighted by atomic mass is 9.91. The quantitative estimate of drug-likeness (QED) is 0.214. The zero-order valence-corrected chi connectivity index (χ0v) is 22.3. The van der Waals surface area contributed by atoms with Gasteiger partial charge in [0.2, 0.25) is 0 Å². The summed E-state index contributed by atoms with van der Waals surface area (Å²) >= 11 is 0. The Bertz CT molecular complexity index is 2180. The molecule has 8 rings (SSSR count). The topological polar surface area (TPSA) is 22.1 Å². The molecule has 0 amide bonds. The minimum absolute atomic E-state index is 0.835. The fourth-order valence-corrected chi connectivity index (χ4v) is 6.09. The van der Waals surface area contributed by atoms with E-state index in [0.717, 1.165) is 38.4 Å². The molecule has 0 saturated heterocycles. The van der Waals surface area contributed by atoms with Crippen LogP contribution >= 0.6 is 0 Å². The van der Waals surface area contributed by atoms with Gasteiger partial charge in [0, 0.05) is 33.9 Å². The Morgan fingerprint density at radius 3 is 1.98 bits per heavy atom. The number of nitrogens with zero attached hydrogens (tertiary/aromatic N) is 1. The summed E-state index contributed by atoms with van der Waals surface area (Å²) in [6, 6.07) is 49.1. The largest absolute Gasteiger partial charge is 0.455 e. The molecule has 0 aliphatic rings. The predicted octanol–water partition coefficient (Wildman–Crippen LogP) is 10.8. The van der Waals surface area contributed by atoms with Crippen LogP contribution in [0.4, 0.5) is 0 Å². The Hall–Kier alpha value is -5.47. The molecule has 1 aromatic heterocycles. The van der Waals surface area contributed by atoms with Crippen LogP contribution in [0.5, 0.6) is 11.5 Å². The normalized spacial score (nSPS) is 11.4. The van der Waals surface area contributed by atoms with Crippen molar-refractivity contribution in [2.75, 3.05) is 0 Å². The molecule has 0 N–H and O–H groups in total. The fourth-order valence-electron chi connectivity index (χ4n) is 6.09. The van der Waals surface area contributed by atoms with E-state index in [2.05, 4.69) is 145 Å². The molecule has 192 valence electrons. The average molecular weight is 524 g/mol. The van der Waals surface area contributed by atoms with Crippen molar-refractivity contribution in [3.8, 4) is 33.8 Å². The Morgan fingerprint density at radius 2 is 1.12 bits per heavy atom. The van der Waals surface area contributed by atoms with Gasteiger partial charge >= 0.3 is 0 Å². The maximum Gasteiger partial charge on any atom is 0.143 e. The number of benzene rings is 7. The first-order chi connectivity index (χ1) is 20.3. The van der Waals surface area contributed by atoms with Crippen molar-refractivity contribution in [2.24, 2.45) is 0 Å². The molecule has 0 bridgehead atoms. The van der Waals surface area contributed by atoms with Crippen LogP contribution in [0.2, 0.25) is 0 Å². The van der Waals surface area contributed by atoms with Gasteiger partial charge in [0.05, 0.1) is 0 Å². The van der Waals surface area contributed by atoms with Crippen LogP contribution in [0, 0.1) is 0 Å². The minimum atomic E-state index is 0.835. The van der Waals surface area contributed by atoms with E-state index >= 15 is 0 Å². The molecular formula is C39H25NO. The van der Waals surface area contributed by atoms with Gasteiger partial charge in [-0.3, -0.25) is 4.98 Å². The molecule has 1 heterocycles. The summed E-state index contributed by atoms with van der Waals surface area (Å²) in [5.74, 6) is 1.68. The van der Waals surface area contributed by atoms with Crippen molar-refractivity contribution in [2.45, 2.75) is 0 Å². The van der Waals surface area contributed by atoms with Crippen molar-refractivity contribution in [3.05, 3.63) is 152 Å². The van der Waals surface area contributed by atoms with Gasteiger partial charge in [-0.05, 0) is 62.0 Å². The van der Waals surface area contributed by atoms with Crippen LogP contribution in [0.25, 0.3) is 65.3 Å². The number of aromatic nitrogens is 1. The molecule has 0 unspecified atom stereocenters. The van der Waals surface area contributed by atoms with Gasteiger partial charge in [0.1, 0.15) is 11.5 Å². The molecule has 2 heteroatoms. The maximum atomic E-state index is 6.94. The third kappa shape index (κ3) is 3.92. The first-order valence-corrected chi connectivity index (χ1v) is 13.9. The van der Waals surface area contributed by atoms with Crippen LogP contribution < -0.4 is 4.74 Å². The summed E-state index contributed by atoms with van der Waals surface area (Å²) < 4.78 is 6.94. The lowest BCUT2D eigenvalue weighted by Gasteiger charge is -2.19. The minimum Gasteiger partial charge on any atom is -0.455 e. The second-order valence-electron chi connectivity index (χ2n) is 10.4. The highest BCUT2D eigenvalue weighted by Crippen LogP contribution is 2.46. The van der Waals surface area contributed by atoms with Crippen LogP contribution in [0.3, 0.4) is 0 Å². The molecule has 8 aromatic rings. The first kappa shape index (κ1) is 23.4. The maximum absolute atomic E-state index is 6.94. The third-order valence-corrected chi connectivity index (χ3v) is 8.00. The third-order valence-electron chi connectivity index (χ3n) is 8.00. The smallest absolute Gasteiger partial charge is 0.143 e. The molecule has 0 atom stereocenters. The van der Waals surface area contributed by atoms with Crippen molar-refractivity contribution in [3.63, 3.8) is 0 Å². The highest BCUT2D eigenvalue weighted by atomic mass is 16.5. The molecule has 0 radical (unpaired) electrons. The second kappa shape index (κ2) is 9.62. The molecule has 0 saturated carbocycles. The van der Waals surface area contributed by atoms with Crippen LogP contribution in [-0.4, -0.2) is 4.98 Å². The van der Waals surface area contributed by atoms with E-state index in [1.165, 1.54) is 38.4 Å². The van der Waals surface area contributed by atoms with Gasteiger partial charge in [0.15, 0.2) is 0 Å². The van der Waals surface area contributed by atoms with Gasteiger partial charge in [0.25, 0.3) is 0 Å². The van der Waals surface area contributed by atoms with Crippen molar-refractivity contribution < 1.29 is 4.74 Å². The van der Waals surface area contributed by atoms with E-state index < -0.39 is 0 Å². The molecule has 0 fully saturated rings. The second-order valence-corrected chi connectivity index (χ2v) is 10.4. The molecular weight excluding hydrogens is 498 g/mol. The summed E-state index contributed by atoms with van der Waals surface area (Å²) in [4.78, 5) is 4.56. The van der Waals surface area contributed by atoms with Crippen LogP contribution in [0.15, 0.2) is 152 Å². The van der Waals surface area contributed by atoms with Crippen LogP contribution in [0.1, 0.15) is 0 Å². The van der Waals surface area contributed by atoms with Gasteiger partial charge < -0.3 is 4.74 Å².